The quantitative estimate of drug-likeness (QED) is 0.739. The number of aromatic amines is 1. The van der Waals surface area contributed by atoms with Gasteiger partial charge in [0.2, 0.25) is 0 Å². The van der Waals surface area contributed by atoms with Crippen molar-refractivity contribution in [3.63, 3.8) is 0 Å². The zero-order valence-electron chi connectivity index (χ0n) is 10.4. The van der Waals surface area contributed by atoms with E-state index in [1.165, 1.54) is 35.0 Å². The van der Waals surface area contributed by atoms with E-state index < -0.39 is 5.51 Å². The normalized spacial score (nSPS) is 12.0. The van der Waals surface area contributed by atoms with Crippen molar-refractivity contribution in [1.29, 1.82) is 0 Å². The second-order valence-corrected chi connectivity index (χ2v) is 5.36. The molecule has 108 valence electrons. The van der Waals surface area contributed by atoms with Crippen LogP contribution in [0.4, 0.5) is 13.2 Å². The van der Waals surface area contributed by atoms with Crippen molar-refractivity contribution in [3.8, 4) is 11.3 Å². The van der Waals surface area contributed by atoms with Crippen LogP contribution in [0.1, 0.15) is 0 Å². The number of fused-ring (bicyclic) bond motifs is 1. The SMILES string of the molecule is O=c1ccnc2cc(-c3cccc(SC(F)(F)F)c3)[nH]n12. The number of aromatic nitrogens is 3. The molecule has 3 aromatic rings. The largest absolute Gasteiger partial charge is 0.446 e. The van der Waals surface area contributed by atoms with Crippen LogP contribution >= 0.6 is 11.8 Å². The summed E-state index contributed by atoms with van der Waals surface area (Å²) in [6.45, 7) is 0. The molecule has 1 N–H and O–H groups in total. The first-order valence-electron chi connectivity index (χ1n) is 5.85. The highest BCUT2D eigenvalue weighted by atomic mass is 32.2. The molecule has 8 heteroatoms. The minimum atomic E-state index is -4.34. The van der Waals surface area contributed by atoms with Crippen LogP contribution in [-0.2, 0) is 0 Å². The number of thioether (sulfide) groups is 1. The molecule has 3 rings (SSSR count). The number of alkyl halides is 3. The lowest BCUT2D eigenvalue weighted by atomic mass is 10.1. The Morgan fingerprint density at radius 1 is 1.19 bits per heavy atom. The smallest absolute Gasteiger partial charge is 0.289 e. The predicted octanol–water partition coefficient (Wildman–Crippen LogP) is 3.30. The van der Waals surface area contributed by atoms with Crippen molar-refractivity contribution in [2.45, 2.75) is 10.4 Å². The monoisotopic (exact) mass is 311 g/mol. The summed E-state index contributed by atoms with van der Waals surface area (Å²) in [5.41, 5.74) is -3.14. The molecule has 1 aromatic carbocycles. The van der Waals surface area contributed by atoms with E-state index in [1.807, 2.05) is 0 Å². The Kier molecular flexibility index (Phi) is 3.25. The summed E-state index contributed by atoms with van der Waals surface area (Å²) in [4.78, 5) is 15.7. The summed E-state index contributed by atoms with van der Waals surface area (Å²) in [5.74, 6) is 0. The first kappa shape index (κ1) is 13.7. The average molecular weight is 311 g/mol. The lowest BCUT2D eigenvalue weighted by Crippen LogP contribution is -2.12. The lowest BCUT2D eigenvalue weighted by Gasteiger charge is -2.06. The Balaban J connectivity index is 2.04. The van der Waals surface area contributed by atoms with Gasteiger partial charge in [-0.2, -0.15) is 13.2 Å². The standard InChI is InChI=1S/C13H8F3N3OS/c14-13(15,16)21-9-3-1-2-8(6-9)10-7-11-17-5-4-12(20)19(11)18-10/h1-7,18H. The van der Waals surface area contributed by atoms with Crippen molar-refractivity contribution >= 4 is 17.4 Å². The molecule has 4 nitrogen and oxygen atoms in total. The Labute approximate surface area is 120 Å². The molecule has 0 spiro atoms. The van der Waals surface area contributed by atoms with Gasteiger partial charge in [0.15, 0.2) is 5.65 Å². The average Bonchev–Trinajstić information content (AvgIpc) is 2.82. The molecule has 0 aliphatic carbocycles. The van der Waals surface area contributed by atoms with Gasteiger partial charge in [-0.3, -0.25) is 9.89 Å². The van der Waals surface area contributed by atoms with E-state index in [1.54, 1.807) is 12.1 Å². The number of benzene rings is 1. The second-order valence-electron chi connectivity index (χ2n) is 4.22. The van der Waals surface area contributed by atoms with Crippen LogP contribution in [-0.4, -0.2) is 20.1 Å². The molecule has 0 unspecified atom stereocenters. The molecule has 0 radical (unpaired) electrons. The van der Waals surface area contributed by atoms with Crippen molar-refractivity contribution in [2.75, 3.05) is 0 Å². The Hall–Kier alpha value is -2.22. The van der Waals surface area contributed by atoms with Crippen LogP contribution in [0.25, 0.3) is 16.9 Å². The van der Waals surface area contributed by atoms with Crippen LogP contribution in [0.15, 0.2) is 52.3 Å². The van der Waals surface area contributed by atoms with Crippen LogP contribution in [0.5, 0.6) is 0 Å². The van der Waals surface area contributed by atoms with Gasteiger partial charge in [0.1, 0.15) is 0 Å². The highest BCUT2D eigenvalue weighted by molar-refractivity contribution is 8.00. The maximum absolute atomic E-state index is 12.4. The van der Waals surface area contributed by atoms with Gasteiger partial charge in [0.05, 0.1) is 5.69 Å². The third-order valence-corrected chi connectivity index (χ3v) is 3.48. The van der Waals surface area contributed by atoms with E-state index in [9.17, 15) is 18.0 Å². The van der Waals surface area contributed by atoms with E-state index in [0.717, 1.165) is 0 Å². The second kappa shape index (κ2) is 4.96. The first-order valence-corrected chi connectivity index (χ1v) is 6.67. The van der Waals surface area contributed by atoms with Crippen LogP contribution < -0.4 is 5.56 Å². The topological polar surface area (TPSA) is 50.2 Å². The predicted molar refractivity (Wildman–Crippen MR) is 73.2 cm³/mol. The van der Waals surface area contributed by atoms with E-state index >= 15 is 0 Å². The number of nitrogens with one attached hydrogen (secondary N) is 1. The van der Waals surface area contributed by atoms with Crippen molar-refractivity contribution in [2.24, 2.45) is 0 Å². The molecule has 2 heterocycles. The third-order valence-electron chi connectivity index (χ3n) is 2.76. The molecule has 2 aromatic heterocycles. The van der Waals surface area contributed by atoms with Gasteiger partial charge >= 0.3 is 5.51 Å². The number of nitrogens with zero attached hydrogens (tertiary/aromatic N) is 2. The van der Waals surface area contributed by atoms with Gasteiger partial charge in [-0.05, 0) is 23.9 Å². The summed E-state index contributed by atoms with van der Waals surface area (Å²) in [6, 6.07) is 8.89. The Morgan fingerprint density at radius 3 is 2.71 bits per heavy atom. The van der Waals surface area contributed by atoms with Crippen molar-refractivity contribution < 1.29 is 13.2 Å². The maximum Gasteiger partial charge on any atom is 0.446 e. The van der Waals surface area contributed by atoms with Crippen LogP contribution in [0, 0.1) is 0 Å². The zero-order chi connectivity index (χ0) is 15.0. The minimum absolute atomic E-state index is 0.0824. The third kappa shape index (κ3) is 2.94. The molecular weight excluding hydrogens is 303 g/mol. The number of H-pyrrole nitrogens is 1. The van der Waals surface area contributed by atoms with Gasteiger partial charge in [0.25, 0.3) is 5.56 Å². The van der Waals surface area contributed by atoms with E-state index in [0.29, 0.717) is 16.9 Å². The summed E-state index contributed by atoms with van der Waals surface area (Å²) < 4.78 is 38.4. The molecule has 0 saturated heterocycles. The molecule has 0 saturated carbocycles. The minimum Gasteiger partial charge on any atom is -0.289 e. The van der Waals surface area contributed by atoms with Crippen LogP contribution in [0.2, 0.25) is 0 Å². The fourth-order valence-electron chi connectivity index (χ4n) is 1.93. The van der Waals surface area contributed by atoms with E-state index in [2.05, 4.69) is 10.1 Å². The van der Waals surface area contributed by atoms with Gasteiger partial charge in [-0.15, -0.1) is 0 Å². The van der Waals surface area contributed by atoms with Crippen LogP contribution in [0.3, 0.4) is 0 Å². The fourth-order valence-corrected chi connectivity index (χ4v) is 2.53. The van der Waals surface area contributed by atoms with E-state index in [4.69, 9.17) is 0 Å². The highest BCUT2D eigenvalue weighted by Gasteiger charge is 2.29. The summed E-state index contributed by atoms with van der Waals surface area (Å²) >= 11 is -0.178. The summed E-state index contributed by atoms with van der Waals surface area (Å²) in [6.07, 6.45) is 1.38. The number of rotatable bonds is 2. The zero-order valence-corrected chi connectivity index (χ0v) is 11.2. The van der Waals surface area contributed by atoms with Gasteiger partial charge in [-0.25, -0.2) is 9.50 Å². The van der Waals surface area contributed by atoms with Gasteiger partial charge < -0.3 is 0 Å². The number of hydrogen-bond donors (Lipinski definition) is 1. The lowest BCUT2D eigenvalue weighted by molar-refractivity contribution is -0.0328. The van der Waals surface area contributed by atoms with E-state index in [-0.39, 0.29) is 22.2 Å². The first-order chi connectivity index (χ1) is 9.92. The van der Waals surface area contributed by atoms with Crippen molar-refractivity contribution in [1.82, 2.24) is 14.6 Å². The van der Waals surface area contributed by atoms with Crippen molar-refractivity contribution in [3.05, 3.63) is 52.9 Å². The Morgan fingerprint density at radius 2 is 2.00 bits per heavy atom. The maximum atomic E-state index is 12.4. The fraction of sp³-hybridized carbons (Fsp3) is 0.0769. The molecule has 0 aliphatic heterocycles. The van der Waals surface area contributed by atoms with Gasteiger partial charge in [0, 0.05) is 28.8 Å². The summed E-state index contributed by atoms with van der Waals surface area (Å²) in [5, 5.41) is 2.82. The highest BCUT2D eigenvalue weighted by Crippen LogP contribution is 2.37. The molecule has 0 aliphatic rings. The van der Waals surface area contributed by atoms with Gasteiger partial charge in [-0.1, -0.05) is 12.1 Å². The molecule has 0 amide bonds. The number of hydrogen-bond acceptors (Lipinski definition) is 3. The molecule has 0 atom stereocenters. The molecule has 21 heavy (non-hydrogen) atoms. The molecule has 0 bridgehead atoms. The Bertz CT molecular complexity index is 853. The number of halogens is 3. The molecule has 0 fully saturated rings. The molecular formula is C13H8F3N3OS. The summed E-state index contributed by atoms with van der Waals surface area (Å²) in [7, 11) is 0.